The molecule has 1 amide bonds. The average Bonchev–Trinajstić information content (AvgIpc) is 2.29. The lowest BCUT2D eigenvalue weighted by atomic mass is 10.1. The summed E-state index contributed by atoms with van der Waals surface area (Å²) in [5, 5.41) is 0. The highest BCUT2D eigenvalue weighted by Crippen LogP contribution is 2.38. The van der Waals surface area contributed by atoms with Gasteiger partial charge in [0, 0.05) is 33.5 Å². The predicted molar refractivity (Wildman–Crippen MR) is 65.6 cm³/mol. The second-order valence-corrected chi connectivity index (χ2v) is 4.80. The maximum Gasteiger partial charge on any atom is 0.414 e. The highest BCUT2D eigenvalue weighted by molar-refractivity contribution is 5.71. The van der Waals surface area contributed by atoms with Crippen LogP contribution in [0.5, 0.6) is 11.5 Å². The van der Waals surface area contributed by atoms with Crippen LogP contribution in [0.2, 0.25) is 0 Å². The summed E-state index contributed by atoms with van der Waals surface area (Å²) in [7, 11) is 3.26. The molecule has 1 heterocycles. The number of hydrogen-bond donors (Lipinski definition) is 0. The van der Waals surface area contributed by atoms with Crippen LogP contribution in [0.4, 0.5) is 4.79 Å². The molecule has 0 saturated carbocycles. The van der Waals surface area contributed by atoms with Gasteiger partial charge in [0.15, 0.2) is 11.5 Å². The first-order valence-electron chi connectivity index (χ1n) is 5.73. The first-order valence-corrected chi connectivity index (χ1v) is 5.73. The molecule has 0 fully saturated rings. The molecule has 18 heavy (non-hydrogen) atoms. The zero-order chi connectivity index (χ0) is 13.3. The number of ether oxygens (including phenoxy) is 3. The SMILES string of the molecule is CN(C)C(=O)Oc1cccc2c1OC(C)(C)OC2. The molecule has 0 spiro atoms. The lowest BCUT2D eigenvalue weighted by Crippen LogP contribution is -2.36. The quantitative estimate of drug-likeness (QED) is 0.769. The van der Waals surface area contributed by atoms with Gasteiger partial charge >= 0.3 is 6.09 Å². The summed E-state index contributed by atoms with van der Waals surface area (Å²) in [6, 6.07) is 5.40. The molecule has 0 atom stereocenters. The molecule has 0 bridgehead atoms. The number of rotatable bonds is 1. The fourth-order valence-corrected chi connectivity index (χ4v) is 1.58. The molecular formula is C13H17NO4. The smallest absolute Gasteiger partial charge is 0.414 e. The lowest BCUT2D eigenvalue weighted by molar-refractivity contribution is -0.180. The fraction of sp³-hybridized carbons (Fsp3) is 0.462. The predicted octanol–water partition coefficient (Wildman–Crippen LogP) is 2.39. The van der Waals surface area contributed by atoms with Gasteiger partial charge in [-0.25, -0.2) is 4.79 Å². The Morgan fingerprint density at radius 2 is 2.11 bits per heavy atom. The van der Waals surface area contributed by atoms with Crippen LogP contribution in [0.25, 0.3) is 0 Å². The Hall–Kier alpha value is -1.75. The van der Waals surface area contributed by atoms with E-state index in [1.807, 2.05) is 26.0 Å². The van der Waals surface area contributed by atoms with Crippen LogP contribution in [0, 0.1) is 0 Å². The minimum absolute atomic E-state index is 0.419. The molecule has 0 radical (unpaired) electrons. The molecule has 1 aromatic carbocycles. The standard InChI is InChI=1S/C13H17NO4/c1-13(2)16-8-9-6-5-7-10(11(9)18-13)17-12(15)14(3)4/h5-7H,8H2,1-4H3. The molecule has 0 N–H and O–H groups in total. The topological polar surface area (TPSA) is 48.0 Å². The van der Waals surface area contributed by atoms with E-state index in [1.54, 1.807) is 20.2 Å². The Morgan fingerprint density at radius 3 is 2.78 bits per heavy atom. The van der Waals surface area contributed by atoms with E-state index in [4.69, 9.17) is 14.2 Å². The highest BCUT2D eigenvalue weighted by atomic mass is 16.7. The van der Waals surface area contributed by atoms with Gasteiger partial charge in [-0.05, 0) is 6.07 Å². The number of hydrogen-bond acceptors (Lipinski definition) is 4. The second-order valence-electron chi connectivity index (χ2n) is 4.80. The lowest BCUT2D eigenvalue weighted by Gasteiger charge is -2.33. The molecule has 98 valence electrons. The zero-order valence-corrected chi connectivity index (χ0v) is 11.0. The van der Waals surface area contributed by atoms with Gasteiger partial charge in [0.05, 0.1) is 6.61 Å². The van der Waals surface area contributed by atoms with Crippen molar-refractivity contribution in [2.75, 3.05) is 14.1 Å². The monoisotopic (exact) mass is 251 g/mol. The summed E-state index contributed by atoms with van der Waals surface area (Å²) in [4.78, 5) is 12.9. The van der Waals surface area contributed by atoms with E-state index in [2.05, 4.69) is 0 Å². The molecule has 0 aliphatic carbocycles. The van der Waals surface area contributed by atoms with Gasteiger partial charge in [0.25, 0.3) is 0 Å². The van der Waals surface area contributed by atoms with Crippen LogP contribution in [0.1, 0.15) is 19.4 Å². The zero-order valence-electron chi connectivity index (χ0n) is 11.0. The molecule has 0 aromatic heterocycles. The van der Waals surface area contributed by atoms with E-state index in [-0.39, 0.29) is 0 Å². The Labute approximate surface area is 106 Å². The van der Waals surface area contributed by atoms with Crippen LogP contribution in [-0.2, 0) is 11.3 Å². The summed E-state index contributed by atoms with van der Waals surface area (Å²) in [5.41, 5.74) is 0.874. The largest absolute Gasteiger partial charge is 0.459 e. The third-order valence-corrected chi connectivity index (χ3v) is 2.55. The Morgan fingerprint density at radius 1 is 1.39 bits per heavy atom. The number of para-hydroxylation sites is 1. The van der Waals surface area contributed by atoms with Crippen LogP contribution in [0.15, 0.2) is 18.2 Å². The number of fused-ring (bicyclic) bond motifs is 1. The van der Waals surface area contributed by atoms with Crippen molar-refractivity contribution in [1.29, 1.82) is 0 Å². The number of benzene rings is 1. The molecule has 0 saturated heterocycles. The summed E-state index contributed by atoms with van der Waals surface area (Å²) in [5.74, 6) is 0.277. The Bertz CT molecular complexity index is 468. The van der Waals surface area contributed by atoms with Crippen molar-refractivity contribution in [3.05, 3.63) is 23.8 Å². The molecule has 5 heteroatoms. The van der Waals surface area contributed by atoms with Crippen molar-refractivity contribution in [2.24, 2.45) is 0 Å². The van der Waals surface area contributed by atoms with Gasteiger partial charge in [-0.15, -0.1) is 0 Å². The van der Waals surface area contributed by atoms with Gasteiger partial charge in [-0.1, -0.05) is 12.1 Å². The molecular weight excluding hydrogens is 234 g/mol. The highest BCUT2D eigenvalue weighted by Gasteiger charge is 2.30. The number of amides is 1. The van der Waals surface area contributed by atoms with Gasteiger partial charge in [-0.2, -0.15) is 0 Å². The fourth-order valence-electron chi connectivity index (χ4n) is 1.58. The van der Waals surface area contributed by atoms with Crippen LogP contribution >= 0.6 is 0 Å². The van der Waals surface area contributed by atoms with Crippen LogP contribution < -0.4 is 9.47 Å². The van der Waals surface area contributed by atoms with Gasteiger partial charge < -0.3 is 19.1 Å². The molecule has 1 aromatic rings. The molecule has 5 nitrogen and oxygen atoms in total. The second kappa shape index (κ2) is 4.49. The van der Waals surface area contributed by atoms with E-state index in [1.165, 1.54) is 4.90 Å². The third kappa shape index (κ3) is 2.56. The van der Waals surface area contributed by atoms with Crippen molar-refractivity contribution in [2.45, 2.75) is 26.2 Å². The Kier molecular flexibility index (Phi) is 3.17. The van der Waals surface area contributed by atoms with E-state index < -0.39 is 11.9 Å². The molecule has 1 aliphatic heterocycles. The molecule has 1 aliphatic rings. The Balaban J connectivity index is 2.30. The number of carbonyl (C=O) groups excluding carboxylic acids is 1. The summed E-state index contributed by atoms with van der Waals surface area (Å²) in [6.45, 7) is 4.08. The van der Waals surface area contributed by atoms with Gasteiger partial charge in [0.2, 0.25) is 5.79 Å². The summed E-state index contributed by atoms with van der Waals surface area (Å²) < 4.78 is 16.5. The summed E-state index contributed by atoms with van der Waals surface area (Å²) >= 11 is 0. The minimum atomic E-state index is -0.715. The minimum Gasteiger partial charge on any atom is -0.459 e. The van der Waals surface area contributed by atoms with Crippen molar-refractivity contribution < 1.29 is 19.0 Å². The first-order chi connectivity index (χ1) is 8.39. The van der Waals surface area contributed by atoms with E-state index in [0.29, 0.717) is 18.1 Å². The van der Waals surface area contributed by atoms with E-state index in [9.17, 15) is 4.79 Å². The first kappa shape index (κ1) is 12.7. The number of carbonyl (C=O) groups is 1. The maximum absolute atomic E-state index is 11.6. The third-order valence-electron chi connectivity index (χ3n) is 2.55. The van der Waals surface area contributed by atoms with Crippen molar-refractivity contribution in [3.8, 4) is 11.5 Å². The van der Waals surface area contributed by atoms with Crippen LogP contribution in [0.3, 0.4) is 0 Å². The van der Waals surface area contributed by atoms with E-state index in [0.717, 1.165) is 5.56 Å². The van der Waals surface area contributed by atoms with Gasteiger partial charge in [-0.3, -0.25) is 0 Å². The van der Waals surface area contributed by atoms with Crippen molar-refractivity contribution in [1.82, 2.24) is 4.90 Å². The summed E-state index contributed by atoms with van der Waals surface area (Å²) in [6.07, 6.45) is -0.434. The van der Waals surface area contributed by atoms with E-state index >= 15 is 0 Å². The van der Waals surface area contributed by atoms with Gasteiger partial charge in [0.1, 0.15) is 0 Å². The molecule has 0 unspecified atom stereocenters. The number of nitrogens with zero attached hydrogens (tertiary/aromatic N) is 1. The van der Waals surface area contributed by atoms with Crippen molar-refractivity contribution >= 4 is 6.09 Å². The maximum atomic E-state index is 11.6. The average molecular weight is 251 g/mol. The van der Waals surface area contributed by atoms with Crippen molar-refractivity contribution in [3.63, 3.8) is 0 Å². The molecule has 2 rings (SSSR count). The van der Waals surface area contributed by atoms with Crippen LogP contribution in [-0.4, -0.2) is 30.9 Å². The normalized spacial score (nSPS) is 16.4.